The van der Waals surface area contributed by atoms with Crippen molar-refractivity contribution in [1.82, 2.24) is 9.44 Å². The van der Waals surface area contributed by atoms with Crippen molar-refractivity contribution in [2.45, 2.75) is 45.4 Å². The maximum atomic E-state index is 12.5. The number of aryl methyl sites for hydroxylation is 3. The fourth-order valence-corrected chi connectivity index (χ4v) is 5.04. The summed E-state index contributed by atoms with van der Waals surface area (Å²) >= 11 is 0. The summed E-state index contributed by atoms with van der Waals surface area (Å²) in [5, 5.41) is 2.82. The molecular formula is C22H27N3O4S. The van der Waals surface area contributed by atoms with E-state index in [9.17, 15) is 13.2 Å². The van der Waals surface area contributed by atoms with Crippen LogP contribution in [0, 0.1) is 6.92 Å². The third-order valence-corrected chi connectivity index (χ3v) is 6.72. The molecule has 0 atom stereocenters. The second-order valence-corrected chi connectivity index (χ2v) is 9.30. The molecule has 2 aliphatic rings. The minimum absolute atomic E-state index is 0.0487. The van der Waals surface area contributed by atoms with E-state index < -0.39 is 16.2 Å². The van der Waals surface area contributed by atoms with E-state index in [0.29, 0.717) is 5.75 Å². The molecule has 8 heteroatoms. The number of benzene rings is 2. The van der Waals surface area contributed by atoms with Gasteiger partial charge in [0, 0.05) is 12.2 Å². The number of ether oxygens (including phenoxy) is 1. The molecule has 0 saturated heterocycles. The molecule has 160 valence electrons. The Labute approximate surface area is 177 Å². The fraction of sp³-hybridized carbons (Fsp3) is 0.409. The van der Waals surface area contributed by atoms with Crippen LogP contribution in [-0.4, -0.2) is 27.6 Å². The number of carbonyl (C=O) groups excluding carboxylic acids is 1. The SMILES string of the molecule is Cc1ccccc1OCCNS(=O)(=O)NC(=O)Nc1c2c(cc3c1CCC3)CCC2. The van der Waals surface area contributed by atoms with Gasteiger partial charge >= 0.3 is 16.2 Å². The van der Waals surface area contributed by atoms with Gasteiger partial charge in [-0.05, 0) is 79.3 Å². The van der Waals surface area contributed by atoms with Gasteiger partial charge in [0.1, 0.15) is 12.4 Å². The van der Waals surface area contributed by atoms with Crippen molar-refractivity contribution < 1.29 is 17.9 Å². The molecule has 2 aromatic rings. The van der Waals surface area contributed by atoms with Crippen LogP contribution in [0.1, 0.15) is 40.7 Å². The molecule has 0 saturated carbocycles. The van der Waals surface area contributed by atoms with Crippen molar-refractivity contribution in [2.24, 2.45) is 0 Å². The van der Waals surface area contributed by atoms with Gasteiger partial charge in [0.2, 0.25) is 0 Å². The Morgan fingerprint density at radius 1 is 1.03 bits per heavy atom. The lowest BCUT2D eigenvalue weighted by Gasteiger charge is -2.17. The Morgan fingerprint density at radius 2 is 1.70 bits per heavy atom. The zero-order chi connectivity index (χ0) is 21.1. The molecule has 2 amide bonds. The predicted molar refractivity (Wildman–Crippen MR) is 116 cm³/mol. The lowest BCUT2D eigenvalue weighted by atomic mass is 9.99. The van der Waals surface area contributed by atoms with Crippen LogP contribution in [0.15, 0.2) is 30.3 Å². The molecule has 0 unspecified atom stereocenters. The topological polar surface area (TPSA) is 96.5 Å². The van der Waals surface area contributed by atoms with E-state index in [1.54, 1.807) is 0 Å². The molecule has 0 aliphatic heterocycles. The smallest absolute Gasteiger partial charge is 0.333 e. The van der Waals surface area contributed by atoms with Gasteiger partial charge in [-0.1, -0.05) is 24.3 Å². The van der Waals surface area contributed by atoms with E-state index in [-0.39, 0.29) is 13.2 Å². The van der Waals surface area contributed by atoms with E-state index in [0.717, 1.165) is 60.9 Å². The minimum atomic E-state index is -3.99. The lowest BCUT2D eigenvalue weighted by molar-refractivity contribution is 0.256. The van der Waals surface area contributed by atoms with E-state index >= 15 is 0 Å². The zero-order valence-electron chi connectivity index (χ0n) is 17.1. The molecule has 30 heavy (non-hydrogen) atoms. The van der Waals surface area contributed by atoms with Crippen LogP contribution in [0.2, 0.25) is 0 Å². The van der Waals surface area contributed by atoms with E-state index in [1.807, 2.05) is 31.2 Å². The summed E-state index contributed by atoms with van der Waals surface area (Å²) in [6.07, 6.45) is 5.99. The normalized spacial score (nSPS) is 14.8. The number of hydrogen-bond acceptors (Lipinski definition) is 4. The Balaban J connectivity index is 1.33. The average Bonchev–Trinajstić information content (AvgIpc) is 3.35. The van der Waals surface area contributed by atoms with Gasteiger partial charge in [-0.15, -0.1) is 0 Å². The average molecular weight is 430 g/mol. The third-order valence-electron chi connectivity index (χ3n) is 5.68. The van der Waals surface area contributed by atoms with Crippen LogP contribution >= 0.6 is 0 Å². The van der Waals surface area contributed by atoms with Gasteiger partial charge in [0.25, 0.3) is 0 Å². The molecule has 0 bridgehead atoms. The summed E-state index contributed by atoms with van der Waals surface area (Å²) < 4.78 is 34.5. The summed E-state index contributed by atoms with van der Waals surface area (Å²) in [6, 6.07) is 9.03. The molecule has 0 fully saturated rings. The zero-order valence-corrected chi connectivity index (χ0v) is 17.9. The first-order valence-corrected chi connectivity index (χ1v) is 11.8. The molecule has 2 aromatic carbocycles. The number of hydrogen-bond donors (Lipinski definition) is 3. The van der Waals surface area contributed by atoms with Crippen LogP contribution < -0.4 is 19.5 Å². The second kappa shape index (κ2) is 8.65. The number of fused-ring (bicyclic) bond motifs is 2. The number of amides is 2. The molecule has 4 rings (SSSR count). The second-order valence-electron chi connectivity index (χ2n) is 7.80. The molecule has 0 spiro atoms. The summed E-state index contributed by atoms with van der Waals surface area (Å²) in [5.74, 6) is 0.703. The van der Waals surface area contributed by atoms with Crippen molar-refractivity contribution in [3.63, 3.8) is 0 Å². The first-order valence-electron chi connectivity index (χ1n) is 10.4. The number of urea groups is 1. The monoisotopic (exact) mass is 429 g/mol. The quantitative estimate of drug-likeness (QED) is 0.590. The van der Waals surface area contributed by atoms with Crippen LogP contribution in [0.25, 0.3) is 0 Å². The van der Waals surface area contributed by atoms with Crippen molar-refractivity contribution in [1.29, 1.82) is 0 Å². The van der Waals surface area contributed by atoms with Crippen LogP contribution in [0.5, 0.6) is 5.75 Å². The highest BCUT2D eigenvalue weighted by Gasteiger charge is 2.25. The largest absolute Gasteiger partial charge is 0.492 e. The van der Waals surface area contributed by atoms with Gasteiger partial charge < -0.3 is 10.1 Å². The third kappa shape index (κ3) is 4.60. The number of anilines is 1. The van der Waals surface area contributed by atoms with Gasteiger partial charge in [-0.3, -0.25) is 0 Å². The van der Waals surface area contributed by atoms with Crippen molar-refractivity contribution in [2.75, 3.05) is 18.5 Å². The standard InChI is InChI=1S/C22H27N3O4S/c1-15-6-2-3-11-20(15)29-13-12-23-30(27,28)25-22(26)24-21-18-9-4-7-16(18)14-17-8-5-10-19(17)21/h2-3,6,11,14,23H,4-5,7-10,12-13H2,1H3,(H2,24,25,26). The Kier molecular flexibility index (Phi) is 5.97. The number of rotatable bonds is 7. The van der Waals surface area contributed by atoms with E-state index in [1.165, 1.54) is 11.1 Å². The maximum absolute atomic E-state index is 12.5. The van der Waals surface area contributed by atoms with Gasteiger partial charge in [-0.2, -0.15) is 13.1 Å². The molecule has 7 nitrogen and oxygen atoms in total. The van der Waals surface area contributed by atoms with Crippen molar-refractivity contribution >= 4 is 21.9 Å². The van der Waals surface area contributed by atoms with Crippen molar-refractivity contribution in [3.05, 3.63) is 58.1 Å². The van der Waals surface area contributed by atoms with Gasteiger partial charge in [-0.25, -0.2) is 9.52 Å². The highest BCUT2D eigenvalue weighted by molar-refractivity contribution is 7.88. The molecule has 0 aromatic heterocycles. The summed E-state index contributed by atoms with van der Waals surface area (Å²) in [4.78, 5) is 12.5. The first kappa shape index (κ1) is 20.7. The van der Waals surface area contributed by atoms with E-state index in [2.05, 4.69) is 20.8 Å². The predicted octanol–water partition coefficient (Wildman–Crippen LogP) is 3.01. The molecule has 0 heterocycles. The molecule has 3 N–H and O–H groups in total. The van der Waals surface area contributed by atoms with Crippen molar-refractivity contribution in [3.8, 4) is 5.75 Å². The van der Waals surface area contributed by atoms with Gasteiger partial charge in [0.15, 0.2) is 0 Å². The summed E-state index contributed by atoms with van der Waals surface area (Å²) in [6.45, 7) is 2.13. The van der Waals surface area contributed by atoms with Gasteiger partial charge in [0.05, 0.1) is 0 Å². The summed E-state index contributed by atoms with van der Waals surface area (Å²) in [5.41, 5.74) is 6.65. The van der Waals surface area contributed by atoms with Crippen LogP contribution in [-0.2, 0) is 35.9 Å². The van der Waals surface area contributed by atoms with Crippen LogP contribution in [0.4, 0.5) is 10.5 Å². The number of para-hydroxylation sites is 1. The first-order chi connectivity index (χ1) is 14.4. The van der Waals surface area contributed by atoms with Crippen LogP contribution in [0.3, 0.4) is 0 Å². The van der Waals surface area contributed by atoms with E-state index in [4.69, 9.17) is 4.74 Å². The fourth-order valence-electron chi connectivity index (χ4n) is 4.32. The maximum Gasteiger partial charge on any atom is 0.333 e. The number of carbonyl (C=O) groups is 1. The molecular weight excluding hydrogens is 402 g/mol. The Morgan fingerprint density at radius 3 is 2.37 bits per heavy atom. The summed E-state index contributed by atoms with van der Waals surface area (Å²) in [7, 11) is -3.99. The lowest BCUT2D eigenvalue weighted by Crippen LogP contribution is -2.43. The molecule has 0 radical (unpaired) electrons. The highest BCUT2D eigenvalue weighted by atomic mass is 32.2. The Bertz CT molecular complexity index is 1030. The molecule has 2 aliphatic carbocycles. The number of nitrogens with one attached hydrogen (secondary N) is 3. The Hall–Kier alpha value is -2.58. The highest BCUT2D eigenvalue weighted by Crippen LogP contribution is 2.38. The minimum Gasteiger partial charge on any atom is -0.492 e.